The van der Waals surface area contributed by atoms with Crippen LogP contribution in [0.1, 0.15) is 19.2 Å². The molecule has 1 fully saturated rings. The first-order chi connectivity index (χ1) is 9.85. The van der Waals surface area contributed by atoms with E-state index in [0.717, 1.165) is 6.42 Å². The molecule has 6 nitrogen and oxygen atoms in total. The van der Waals surface area contributed by atoms with Crippen molar-refractivity contribution in [1.29, 1.82) is 0 Å². The van der Waals surface area contributed by atoms with E-state index in [1.54, 1.807) is 12.0 Å². The van der Waals surface area contributed by atoms with E-state index in [1.807, 2.05) is 0 Å². The highest BCUT2D eigenvalue weighted by Gasteiger charge is 2.36. The molecule has 1 saturated heterocycles. The lowest BCUT2D eigenvalue weighted by Gasteiger charge is -2.37. The number of nitrogens with two attached hydrogens (primary N) is 1. The summed E-state index contributed by atoms with van der Waals surface area (Å²) in [4.78, 5) is 8.71. The van der Waals surface area contributed by atoms with Gasteiger partial charge in [0.2, 0.25) is 5.82 Å². The van der Waals surface area contributed by atoms with Gasteiger partial charge in [-0.25, -0.2) is 15.8 Å². The van der Waals surface area contributed by atoms with Crippen LogP contribution in [0.2, 0.25) is 0 Å². The van der Waals surface area contributed by atoms with Crippen molar-refractivity contribution in [2.45, 2.75) is 25.6 Å². The zero-order valence-electron chi connectivity index (χ0n) is 11.8. The summed E-state index contributed by atoms with van der Waals surface area (Å²) in [7, 11) is 1.60. The monoisotopic (exact) mass is 305 g/mol. The number of aromatic nitrogens is 2. The molecule has 1 aromatic heterocycles. The zero-order valence-corrected chi connectivity index (χ0v) is 11.8. The maximum absolute atomic E-state index is 12.8. The third kappa shape index (κ3) is 3.53. The Bertz CT molecular complexity index is 496. The number of piperidine rings is 1. The summed E-state index contributed by atoms with van der Waals surface area (Å²) in [5.41, 5.74) is 2.14. The number of nitrogens with zero attached hydrogens (tertiary/aromatic N) is 3. The van der Waals surface area contributed by atoms with E-state index in [2.05, 4.69) is 22.3 Å². The fraction of sp³-hybridized carbons (Fsp3) is 0.667. The molecule has 2 rings (SSSR count). The molecule has 118 valence electrons. The normalized spacial score (nSPS) is 23.2. The fourth-order valence-electron chi connectivity index (χ4n) is 2.35. The van der Waals surface area contributed by atoms with E-state index in [1.165, 1.54) is 6.07 Å². The van der Waals surface area contributed by atoms with E-state index >= 15 is 0 Å². The SMILES string of the molecule is COC1CN(c2cc(NN)nc(C(F)(F)F)n2)CCC1C. The average molecular weight is 305 g/mol. The molecule has 21 heavy (non-hydrogen) atoms. The van der Waals surface area contributed by atoms with Crippen LogP contribution in [0.15, 0.2) is 6.07 Å². The van der Waals surface area contributed by atoms with Gasteiger partial charge in [-0.1, -0.05) is 6.92 Å². The van der Waals surface area contributed by atoms with Gasteiger partial charge in [-0.05, 0) is 12.3 Å². The Labute approximate surface area is 120 Å². The number of methoxy groups -OCH3 is 1. The van der Waals surface area contributed by atoms with Crippen molar-refractivity contribution in [2.24, 2.45) is 11.8 Å². The van der Waals surface area contributed by atoms with Crippen molar-refractivity contribution >= 4 is 11.6 Å². The van der Waals surface area contributed by atoms with Crippen LogP contribution in [0.5, 0.6) is 0 Å². The summed E-state index contributed by atoms with van der Waals surface area (Å²) in [6.07, 6.45) is -3.85. The summed E-state index contributed by atoms with van der Waals surface area (Å²) in [6.45, 7) is 3.15. The molecule has 0 aliphatic carbocycles. The average Bonchev–Trinajstić information content (AvgIpc) is 2.46. The molecule has 0 saturated carbocycles. The number of ether oxygens (including phenoxy) is 1. The lowest BCUT2D eigenvalue weighted by molar-refractivity contribution is -0.144. The standard InChI is InChI=1S/C12H18F3N5O/c1-7-3-4-20(6-8(7)21-2)10-5-9(19-16)17-11(18-10)12(13,14)15/h5,7-8H,3-4,6,16H2,1-2H3,(H,17,18,19). The molecule has 1 aliphatic rings. The van der Waals surface area contributed by atoms with Gasteiger partial charge in [0, 0.05) is 26.3 Å². The Balaban J connectivity index is 2.30. The van der Waals surface area contributed by atoms with Gasteiger partial charge in [0.1, 0.15) is 11.6 Å². The van der Waals surface area contributed by atoms with Crippen LogP contribution in [0.25, 0.3) is 0 Å². The zero-order chi connectivity index (χ0) is 15.6. The van der Waals surface area contributed by atoms with Crippen LogP contribution >= 0.6 is 0 Å². The highest BCUT2D eigenvalue weighted by Crippen LogP contribution is 2.30. The molecular weight excluding hydrogens is 287 g/mol. The van der Waals surface area contributed by atoms with Crippen molar-refractivity contribution < 1.29 is 17.9 Å². The largest absolute Gasteiger partial charge is 0.451 e. The molecule has 1 aliphatic heterocycles. The number of rotatable bonds is 3. The number of anilines is 2. The Morgan fingerprint density at radius 3 is 2.71 bits per heavy atom. The lowest BCUT2D eigenvalue weighted by atomic mass is 9.96. The van der Waals surface area contributed by atoms with Gasteiger partial charge < -0.3 is 15.1 Å². The second kappa shape index (κ2) is 6.02. The quantitative estimate of drug-likeness (QED) is 0.653. The van der Waals surface area contributed by atoms with Crippen molar-refractivity contribution in [1.82, 2.24) is 9.97 Å². The van der Waals surface area contributed by atoms with Crippen LogP contribution < -0.4 is 16.2 Å². The molecule has 3 N–H and O–H groups in total. The van der Waals surface area contributed by atoms with Gasteiger partial charge in [-0.15, -0.1) is 0 Å². The first-order valence-electron chi connectivity index (χ1n) is 6.55. The molecule has 2 heterocycles. The highest BCUT2D eigenvalue weighted by molar-refractivity contribution is 5.49. The van der Waals surface area contributed by atoms with Crippen LogP contribution in [0.4, 0.5) is 24.8 Å². The van der Waals surface area contributed by atoms with Crippen LogP contribution in [-0.4, -0.2) is 36.3 Å². The molecule has 0 spiro atoms. The van der Waals surface area contributed by atoms with Gasteiger partial charge in [-0.3, -0.25) is 0 Å². The highest BCUT2D eigenvalue weighted by atomic mass is 19.4. The lowest BCUT2D eigenvalue weighted by Crippen LogP contribution is -2.44. The third-order valence-corrected chi connectivity index (χ3v) is 3.63. The summed E-state index contributed by atoms with van der Waals surface area (Å²) < 4.78 is 43.8. The minimum atomic E-state index is -4.62. The number of hydrogen-bond acceptors (Lipinski definition) is 6. The Morgan fingerprint density at radius 2 is 2.14 bits per heavy atom. The van der Waals surface area contributed by atoms with Gasteiger partial charge in [0.25, 0.3) is 0 Å². The smallest absolute Gasteiger partial charge is 0.379 e. The van der Waals surface area contributed by atoms with Crippen LogP contribution in [0.3, 0.4) is 0 Å². The van der Waals surface area contributed by atoms with Crippen molar-refractivity contribution in [3.05, 3.63) is 11.9 Å². The summed E-state index contributed by atoms with van der Waals surface area (Å²) in [5.74, 6) is 4.45. The Kier molecular flexibility index (Phi) is 4.52. The van der Waals surface area contributed by atoms with Crippen LogP contribution in [-0.2, 0) is 10.9 Å². The fourth-order valence-corrected chi connectivity index (χ4v) is 2.35. The minimum absolute atomic E-state index is 0.0441. The van der Waals surface area contributed by atoms with E-state index in [4.69, 9.17) is 10.6 Å². The van der Waals surface area contributed by atoms with Crippen molar-refractivity contribution in [3.8, 4) is 0 Å². The van der Waals surface area contributed by atoms with Crippen LogP contribution in [0, 0.1) is 5.92 Å². The van der Waals surface area contributed by atoms with Crippen molar-refractivity contribution in [2.75, 3.05) is 30.5 Å². The Morgan fingerprint density at radius 1 is 1.43 bits per heavy atom. The predicted octanol–water partition coefficient (Wildman–Crippen LogP) is 1.64. The molecule has 0 radical (unpaired) electrons. The van der Waals surface area contributed by atoms with Crippen molar-refractivity contribution in [3.63, 3.8) is 0 Å². The summed E-state index contributed by atoms with van der Waals surface area (Å²) >= 11 is 0. The van der Waals surface area contributed by atoms with Gasteiger partial charge >= 0.3 is 6.18 Å². The predicted molar refractivity (Wildman–Crippen MR) is 71.6 cm³/mol. The number of nitrogens with one attached hydrogen (secondary N) is 1. The third-order valence-electron chi connectivity index (χ3n) is 3.63. The van der Waals surface area contributed by atoms with E-state index < -0.39 is 12.0 Å². The summed E-state index contributed by atoms with van der Waals surface area (Å²) in [5, 5.41) is 0. The number of alkyl halides is 3. The molecule has 1 aromatic rings. The van der Waals surface area contributed by atoms with Gasteiger partial charge in [0.05, 0.1) is 6.10 Å². The first-order valence-corrected chi connectivity index (χ1v) is 6.55. The maximum Gasteiger partial charge on any atom is 0.451 e. The minimum Gasteiger partial charge on any atom is -0.379 e. The summed E-state index contributed by atoms with van der Waals surface area (Å²) in [6, 6.07) is 1.40. The molecular formula is C12H18F3N5O. The number of nitrogen functional groups attached to an aromatic ring is 1. The topological polar surface area (TPSA) is 76.3 Å². The Hall–Kier alpha value is -1.61. The molecule has 0 amide bonds. The van der Waals surface area contributed by atoms with Gasteiger partial charge in [-0.2, -0.15) is 13.2 Å². The molecule has 0 aromatic carbocycles. The molecule has 2 unspecified atom stereocenters. The maximum atomic E-state index is 12.8. The molecule has 0 bridgehead atoms. The number of hydrogen-bond donors (Lipinski definition) is 2. The first kappa shape index (κ1) is 15.8. The number of hydrazine groups is 1. The van der Waals surface area contributed by atoms with E-state index in [9.17, 15) is 13.2 Å². The second-order valence-corrected chi connectivity index (χ2v) is 5.06. The molecule has 9 heteroatoms. The molecule has 2 atom stereocenters. The number of halogens is 3. The van der Waals surface area contributed by atoms with E-state index in [0.29, 0.717) is 19.0 Å². The van der Waals surface area contributed by atoms with Gasteiger partial charge in [0.15, 0.2) is 0 Å². The second-order valence-electron chi connectivity index (χ2n) is 5.06. The van der Waals surface area contributed by atoms with E-state index in [-0.39, 0.29) is 17.7 Å².